The van der Waals surface area contributed by atoms with Gasteiger partial charge in [0.05, 0.1) is 19.4 Å². The standard InChI is InChI=1S/C23H20N2O2/c1-26-15-18-12-11-16-7-3-5-9-19(16)22(18)25-24-21-14-13-17-8-4-6-10-20(17)23(21)27-2/h3-14H,15H2,1-2H3. The van der Waals surface area contributed by atoms with Gasteiger partial charge in [0.15, 0.2) is 5.75 Å². The van der Waals surface area contributed by atoms with Crippen LogP contribution in [-0.2, 0) is 11.3 Å². The number of nitrogens with zero attached hydrogens (tertiary/aromatic N) is 2. The second-order valence-electron chi connectivity index (χ2n) is 6.27. The van der Waals surface area contributed by atoms with Crippen molar-refractivity contribution in [1.29, 1.82) is 0 Å². The molecule has 0 saturated heterocycles. The lowest BCUT2D eigenvalue weighted by atomic mass is 10.0. The van der Waals surface area contributed by atoms with E-state index in [1.54, 1.807) is 14.2 Å². The molecule has 0 amide bonds. The molecule has 0 unspecified atom stereocenters. The first-order valence-corrected chi connectivity index (χ1v) is 8.79. The van der Waals surface area contributed by atoms with Gasteiger partial charge in [-0.3, -0.25) is 0 Å². The molecule has 4 rings (SSSR count). The minimum Gasteiger partial charge on any atom is -0.494 e. The number of fused-ring (bicyclic) bond motifs is 2. The van der Waals surface area contributed by atoms with Crippen LogP contribution in [0.2, 0.25) is 0 Å². The molecule has 0 radical (unpaired) electrons. The van der Waals surface area contributed by atoms with E-state index in [2.05, 4.69) is 34.5 Å². The van der Waals surface area contributed by atoms with E-state index in [0.717, 1.165) is 38.5 Å². The summed E-state index contributed by atoms with van der Waals surface area (Å²) in [6.07, 6.45) is 0. The number of rotatable bonds is 5. The van der Waals surface area contributed by atoms with Gasteiger partial charge in [-0.15, -0.1) is 10.2 Å². The summed E-state index contributed by atoms with van der Waals surface area (Å²) in [6.45, 7) is 0.480. The van der Waals surface area contributed by atoms with E-state index >= 15 is 0 Å². The van der Waals surface area contributed by atoms with Crippen molar-refractivity contribution in [3.05, 3.63) is 78.4 Å². The van der Waals surface area contributed by atoms with Crippen LogP contribution in [0.15, 0.2) is 83.0 Å². The highest BCUT2D eigenvalue weighted by Crippen LogP contribution is 2.38. The van der Waals surface area contributed by atoms with Crippen molar-refractivity contribution in [1.82, 2.24) is 0 Å². The highest BCUT2D eigenvalue weighted by molar-refractivity contribution is 5.94. The van der Waals surface area contributed by atoms with Crippen LogP contribution in [0.4, 0.5) is 11.4 Å². The van der Waals surface area contributed by atoms with E-state index in [1.165, 1.54) is 0 Å². The molecule has 0 saturated carbocycles. The van der Waals surface area contributed by atoms with Gasteiger partial charge in [0.25, 0.3) is 0 Å². The maximum absolute atomic E-state index is 5.63. The van der Waals surface area contributed by atoms with Gasteiger partial charge in [0.1, 0.15) is 5.69 Å². The van der Waals surface area contributed by atoms with Crippen LogP contribution in [0.3, 0.4) is 0 Å². The van der Waals surface area contributed by atoms with Gasteiger partial charge in [-0.25, -0.2) is 0 Å². The third kappa shape index (κ3) is 3.27. The van der Waals surface area contributed by atoms with Crippen molar-refractivity contribution in [3.63, 3.8) is 0 Å². The van der Waals surface area contributed by atoms with Crippen LogP contribution in [0, 0.1) is 0 Å². The van der Waals surface area contributed by atoms with Gasteiger partial charge in [0, 0.05) is 23.4 Å². The number of benzene rings is 4. The monoisotopic (exact) mass is 356 g/mol. The van der Waals surface area contributed by atoms with Crippen LogP contribution < -0.4 is 4.74 Å². The van der Waals surface area contributed by atoms with Crippen LogP contribution >= 0.6 is 0 Å². The zero-order chi connectivity index (χ0) is 18.6. The molecule has 0 aromatic heterocycles. The Morgan fingerprint density at radius 2 is 1.37 bits per heavy atom. The molecule has 0 spiro atoms. The lowest BCUT2D eigenvalue weighted by Gasteiger charge is -2.10. The van der Waals surface area contributed by atoms with E-state index in [0.29, 0.717) is 12.3 Å². The zero-order valence-corrected chi connectivity index (χ0v) is 15.3. The molecule has 4 aromatic carbocycles. The number of azo groups is 1. The molecule has 0 fully saturated rings. The van der Waals surface area contributed by atoms with Crippen molar-refractivity contribution in [2.24, 2.45) is 10.2 Å². The fourth-order valence-corrected chi connectivity index (χ4v) is 3.32. The summed E-state index contributed by atoms with van der Waals surface area (Å²) < 4.78 is 11.0. The van der Waals surface area contributed by atoms with Gasteiger partial charge in [0.2, 0.25) is 0 Å². The van der Waals surface area contributed by atoms with Gasteiger partial charge < -0.3 is 9.47 Å². The smallest absolute Gasteiger partial charge is 0.154 e. The highest BCUT2D eigenvalue weighted by atomic mass is 16.5. The third-order valence-electron chi connectivity index (χ3n) is 4.60. The lowest BCUT2D eigenvalue weighted by molar-refractivity contribution is 0.185. The Hall–Kier alpha value is -3.24. The second kappa shape index (κ2) is 7.56. The third-order valence-corrected chi connectivity index (χ3v) is 4.60. The molecule has 0 bridgehead atoms. The summed E-state index contributed by atoms with van der Waals surface area (Å²) in [5.41, 5.74) is 2.53. The molecule has 4 aromatic rings. The maximum Gasteiger partial charge on any atom is 0.154 e. The Bertz CT molecular complexity index is 1140. The average Bonchev–Trinajstić information content (AvgIpc) is 2.72. The topological polar surface area (TPSA) is 43.2 Å². The van der Waals surface area contributed by atoms with Crippen molar-refractivity contribution in [2.45, 2.75) is 6.61 Å². The van der Waals surface area contributed by atoms with Gasteiger partial charge in [-0.1, -0.05) is 66.7 Å². The van der Waals surface area contributed by atoms with E-state index in [-0.39, 0.29) is 0 Å². The SMILES string of the molecule is COCc1ccc2ccccc2c1N=Nc1ccc2ccccc2c1OC. The minimum absolute atomic E-state index is 0.480. The molecule has 0 heterocycles. The Balaban J connectivity index is 1.86. The highest BCUT2D eigenvalue weighted by Gasteiger charge is 2.10. The number of methoxy groups -OCH3 is 2. The van der Waals surface area contributed by atoms with Crippen LogP contribution in [-0.4, -0.2) is 14.2 Å². The molecule has 134 valence electrons. The Morgan fingerprint density at radius 1 is 0.704 bits per heavy atom. The van der Waals surface area contributed by atoms with Gasteiger partial charge >= 0.3 is 0 Å². The first-order chi connectivity index (χ1) is 13.3. The van der Waals surface area contributed by atoms with E-state index in [1.807, 2.05) is 48.5 Å². The van der Waals surface area contributed by atoms with Crippen LogP contribution in [0.1, 0.15) is 5.56 Å². The molecular formula is C23H20N2O2. The summed E-state index contributed by atoms with van der Waals surface area (Å²) in [6, 6.07) is 24.3. The summed E-state index contributed by atoms with van der Waals surface area (Å²) in [5.74, 6) is 0.727. The van der Waals surface area contributed by atoms with Crippen molar-refractivity contribution in [3.8, 4) is 5.75 Å². The molecule has 0 aliphatic carbocycles. The van der Waals surface area contributed by atoms with Gasteiger partial charge in [-0.05, 0) is 16.8 Å². The molecular weight excluding hydrogens is 336 g/mol. The molecule has 4 nitrogen and oxygen atoms in total. The van der Waals surface area contributed by atoms with E-state index < -0.39 is 0 Å². The summed E-state index contributed by atoms with van der Waals surface area (Å²) >= 11 is 0. The molecule has 0 aliphatic rings. The van der Waals surface area contributed by atoms with Crippen molar-refractivity contribution >= 4 is 32.9 Å². The van der Waals surface area contributed by atoms with Crippen molar-refractivity contribution < 1.29 is 9.47 Å². The zero-order valence-electron chi connectivity index (χ0n) is 15.3. The normalized spacial score (nSPS) is 11.5. The Labute approximate surface area is 158 Å². The summed E-state index contributed by atoms with van der Waals surface area (Å²) in [7, 11) is 3.34. The number of ether oxygens (including phenoxy) is 2. The second-order valence-corrected chi connectivity index (χ2v) is 6.27. The van der Waals surface area contributed by atoms with Crippen molar-refractivity contribution in [2.75, 3.05) is 14.2 Å². The summed E-state index contributed by atoms with van der Waals surface area (Å²) in [4.78, 5) is 0. The number of hydrogen-bond acceptors (Lipinski definition) is 4. The first kappa shape index (κ1) is 17.2. The summed E-state index contributed by atoms with van der Waals surface area (Å²) in [5, 5.41) is 13.4. The van der Waals surface area contributed by atoms with Crippen LogP contribution in [0.25, 0.3) is 21.5 Å². The average molecular weight is 356 g/mol. The van der Waals surface area contributed by atoms with E-state index in [4.69, 9.17) is 9.47 Å². The quantitative estimate of drug-likeness (QED) is 0.380. The maximum atomic E-state index is 5.63. The predicted molar refractivity (Wildman–Crippen MR) is 109 cm³/mol. The molecule has 0 atom stereocenters. The largest absolute Gasteiger partial charge is 0.494 e. The van der Waals surface area contributed by atoms with Gasteiger partial charge in [-0.2, -0.15) is 0 Å². The van der Waals surface area contributed by atoms with Crippen LogP contribution in [0.5, 0.6) is 5.75 Å². The first-order valence-electron chi connectivity index (χ1n) is 8.79. The van der Waals surface area contributed by atoms with E-state index in [9.17, 15) is 0 Å². The number of hydrogen-bond donors (Lipinski definition) is 0. The molecule has 4 heteroatoms. The lowest BCUT2D eigenvalue weighted by Crippen LogP contribution is -1.89. The molecule has 0 aliphatic heterocycles. The molecule has 27 heavy (non-hydrogen) atoms. The Morgan fingerprint density at radius 3 is 2.11 bits per heavy atom. The Kier molecular flexibility index (Phi) is 4.81. The fraction of sp³-hybridized carbons (Fsp3) is 0.130. The molecule has 0 N–H and O–H groups in total. The minimum atomic E-state index is 0.480. The fourth-order valence-electron chi connectivity index (χ4n) is 3.32. The predicted octanol–water partition coefficient (Wildman–Crippen LogP) is 6.56.